The topological polar surface area (TPSA) is 37.3 Å². The molecule has 2 atom stereocenters. The maximum atomic E-state index is 12.0. The molecule has 4 rings (SSSR count). The van der Waals surface area contributed by atoms with Crippen LogP contribution in [0, 0.1) is 5.92 Å². The fourth-order valence-electron chi connectivity index (χ4n) is 3.56. The molecule has 1 N–H and O–H groups in total. The molecule has 1 aromatic rings. The molecule has 2 bridgehead atoms. The highest BCUT2D eigenvalue weighted by Gasteiger charge is 2.36. The third kappa shape index (κ3) is 2.14. The Morgan fingerprint density at radius 2 is 2.10 bits per heavy atom. The molecule has 0 radical (unpaired) electrons. The molecule has 3 aliphatic rings. The summed E-state index contributed by atoms with van der Waals surface area (Å²) in [4.78, 5) is 14.3. The van der Waals surface area contributed by atoms with Gasteiger partial charge in [-0.2, -0.15) is 0 Å². The third-order valence-corrected chi connectivity index (χ3v) is 5.05. The summed E-state index contributed by atoms with van der Waals surface area (Å²) in [5.41, 5.74) is 1.33. The Kier molecular flexibility index (Phi) is 2.84. The van der Waals surface area contributed by atoms with Crippen molar-refractivity contribution in [2.45, 2.75) is 37.8 Å². The van der Waals surface area contributed by atoms with Crippen LogP contribution in [0.25, 0.3) is 0 Å². The van der Waals surface area contributed by atoms with E-state index in [1.54, 1.807) is 6.07 Å². The second kappa shape index (κ2) is 4.58. The number of hydrogen-bond acceptors (Lipinski definition) is 2. The molecule has 2 aliphatic heterocycles. The lowest BCUT2D eigenvalue weighted by molar-refractivity contribution is 0.177. The first-order valence-corrected chi connectivity index (χ1v) is 7.87. The van der Waals surface area contributed by atoms with Crippen LogP contribution in [0.15, 0.2) is 23.0 Å². The summed E-state index contributed by atoms with van der Waals surface area (Å²) in [5, 5.41) is 4.35. The lowest BCUT2D eigenvalue weighted by atomic mass is 9.83. The monoisotopic (exact) mass is 289 g/mol. The summed E-state index contributed by atoms with van der Waals surface area (Å²) in [7, 11) is 0. The molecule has 1 saturated heterocycles. The van der Waals surface area contributed by atoms with Gasteiger partial charge in [-0.1, -0.05) is 6.07 Å². The number of pyridine rings is 1. The van der Waals surface area contributed by atoms with Crippen molar-refractivity contribution in [2.24, 2.45) is 5.92 Å². The number of nitrogens with zero attached hydrogens (tertiary/aromatic N) is 2. The molecule has 20 heavy (non-hydrogen) atoms. The van der Waals surface area contributed by atoms with Crippen molar-refractivity contribution in [1.29, 1.82) is 0 Å². The van der Waals surface area contributed by atoms with Gasteiger partial charge in [-0.05, 0) is 43.5 Å². The predicted molar refractivity (Wildman–Crippen MR) is 81.9 cm³/mol. The van der Waals surface area contributed by atoms with Gasteiger partial charge >= 0.3 is 0 Å². The highest BCUT2D eigenvalue weighted by Crippen LogP contribution is 2.35. The SMILES string of the molecule is O=c1cccc2n1C[C@@H]1C[C@@H]2CN(C(=S)NC2CC2)C1. The van der Waals surface area contributed by atoms with Gasteiger partial charge in [-0.15, -0.1) is 0 Å². The lowest BCUT2D eigenvalue weighted by Gasteiger charge is -2.43. The minimum absolute atomic E-state index is 0.143. The van der Waals surface area contributed by atoms with Crippen LogP contribution < -0.4 is 10.9 Å². The van der Waals surface area contributed by atoms with E-state index in [4.69, 9.17) is 12.2 Å². The minimum Gasteiger partial charge on any atom is -0.360 e. The highest BCUT2D eigenvalue weighted by molar-refractivity contribution is 7.80. The van der Waals surface area contributed by atoms with Gasteiger partial charge in [0.05, 0.1) is 0 Å². The Morgan fingerprint density at radius 1 is 1.25 bits per heavy atom. The molecule has 0 amide bonds. The van der Waals surface area contributed by atoms with Gasteiger partial charge in [0.2, 0.25) is 0 Å². The van der Waals surface area contributed by atoms with Crippen molar-refractivity contribution in [1.82, 2.24) is 14.8 Å². The van der Waals surface area contributed by atoms with E-state index in [0.29, 0.717) is 17.9 Å². The molecule has 1 aliphatic carbocycles. The summed E-state index contributed by atoms with van der Waals surface area (Å²) in [6.07, 6.45) is 3.68. The fourth-order valence-corrected chi connectivity index (χ4v) is 3.87. The van der Waals surface area contributed by atoms with Crippen LogP contribution in [0.5, 0.6) is 0 Å². The molecule has 3 heterocycles. The number of likely N-dealkylation sites (tertiary alicyclic amines) is 1. The standard InChI is InChI=1S/C15H19N3OS/c19-14-3-1-2-13-11-6-10(8-18(13)14)7-17(9-11)15(20)16-12-4-5-12/h1-3,10-12H,4-9H2,(H,16,20)/t10-,11-/m1/s1. The molecular formula is C15H19N3OS. The summed E-state index contributed by atoms with van der Waals surface area (Å²) in [6.45, 7) is 2.77. The molecule has 0 aromatic carbocycles. The predicted octanol–water partition coefficient (Wildman–Crippen LogP) is 1.30. The van der Waals surface area contributed by atoms with Crippen molar-refractivity contribution in [3.63, 3.8) is 0 Å². The summed E-state index contributed by atoms with van der Waals surface area (Å²) in [6, 6.07) is 6.26. The normalized spacial score (nSPS) is 27.9. The van der Waals surface area contributed by atoms with Crippen molar-refractivity contribution in [2.75, 3.05) is 13.1 Å². The molecule has 106 valence electrons. The maximum Gasteiger partial charge on any atom is 0.250 e. The van der Waals surface area contributed by atoms with E-state index >= 15 is 0 Å². The molecule has 2 fully saturated rings. The molecule has 0 unspecified atom stereocenters. The first-order chi connectivity index (χ1) is 9.70. The zero-order valence-corrected chi connectivity index (χ0v) is 12.2. The molecule has 0 spiro atoms. The molecule has 1 aromatic heterocycles. The van der Waals surface area contributed by atoms with E-state index < -0.39 is 0 Å². The van der Waals surface area contributed by atoms with E-state index in [2.05, 4.69) is 16.3 Å². The zero-order chi connectivity index (χ0) is 13.7. The molecule has 4 nitrogen and oxygen atoms in total. The highest BCUT2D eigenvalue weighted by atomic mass is 32.1. The van der Waals surface area contributed by atoms with E-state index in [9.17, 15) is 4.79 Å². The van der Waals surface area contributed by atoms with Gasteiger partial charge in [-0.3, -0.25) is 4.79 Å². The number of fused-ring (bicyclic) bond motifs is 4. The summed E-state index contributed by atoms with van der Waals surface area (Å²) < 4.78 is 1.97. The average Bonchev–Trinajstić information content (AvgIpc) is 3.24. The second-order valence-electron chi connectivity index (χ2n) is 6.33. The molecule has 5 heteroatoms. The minimum atomic E-state index is 0.143. The van der Waals surface area contributed by atoms with Crippen molar-refractivity contribution < 1.29 is 0 Å². The lowest BCUT2D eigenvalue weighted by Crippen LogP contribution is -2.52. The fraction of sp³-hybridized carbons (Fsp3) is 0.600. The van der Waals surface area contributed by atoms with Crippen LogP contribution in [0.2, 0.25) is 0 Å². The van der Waals surface area contributed by atoms with Crippen LogP contribution in [0.1, 0.15) is 30.9 Å². The van der Waals surface area contributed by atoms with Crippen LogP contribution >= 0.6 is 12.2 Å². The van der Waals surface area contributed by atoms with E-state index in [1.807, 2.05) is 10.6 Å². The second-order valence-corrected chi connectivity index (χ2v) is 6.71. The van der Waals surface area contributed by atoms with Crippen LogP contribution in [0.3, 0.4) is 0 Å². The van der Waals surface area contributed by atoms with Gasteiger partial charge in [0.1, 0.15) is 0 Å². The average molecular weight is 289 g/mol. The van der Waals surface area contributed by atoms with Crippen LogP contribution in [-0.2, 0) is 6.54 Å². The zero-order valence-electron chi connectivity index (χ0n) is 11.4. The number of piperidine rings is 1. The van der Waals surface area contributed by atoms with Gasteiger partial charge in [-0.25, -0.2) is 0 Å². The largest absolute Gasteiger partial charge is 0.360 e. The Bertz CT molecular complexity index is 607. The summed E-state index contributed by atoms with van der Waals surface area (Å²) >= 11 is 5.54. The third-order valence-electron chi connectivity index (χ3n) is 4.67. The van der Waals surface area contributed by atoms with Gasteiger partial charge in [0, 0.05) is 43.4 Å². The van der Waals surface area contributed by atoms with Gasteiger partial charge in [0.15, 0.2) is 5.11 Å². The summed E-state index contributed by atoms with van der Waals surface area (Å²) in [5.74, 6) is 0.982. The van der Waals surface area contributed by atoms with Gasteiger partial charge < -0.3 is 14.8 Å². The maximum absolute atomic E-state index is 12.0. The molecular weight excluding hydrogens is 270 g/mol. The van der Waals surface area contributed by atoms with Crippen molar-refractivity contribution >= 4 is 17.3 Å². The van der Waals surface area contributed by atoms with E-state index in [-0.39, 0.29) is 5.56 Å². The number of nitrogens with one attached hydrogen (secondary N) is 1. The number of hydrogen-bond donors (Lipinski definition) is 1. The van der Waals surface area contributed by atoms with Gasteiger partial charge in [0.25, 0.3) is 5.56 Å². The Balaban J connectivity index is 1.58. The number of aromatic nitrogens is 1. The Labute approximate surface area is 123 Å². The van der Waals surface area contributed by atoms with E-state index in [1.165, 1.54) is 25.0 Å². The van der Waals surface area contributed by atoms with Crippen molar-refractivity contribution in [3.8, 4) is 0 Å². The number of thiocarbonyl (C=S) groups is 1. The van der Waals surface area contributed by atoms with Crippen molar-refractivity contribution in [3.05, 3.63) is 34.2 Å². The van der Waals surface area contributed by atoms with Crippen LogP contribution in [0.4, 0.5) is 0 Å². The molecule has 1 saturated carbocycles. The number of rotatable bonds is 1. The Hall–Kier alpha value is -1.36. The van der Waals surface area contributed by atoms with E-state index in [0.717, 1.165) is 24.7 Å². The smallest absolute Gasteiger partial charge is 0.250 e. The van der Waals surface area contributed by atoms with Crippen LogP contribution in [-0.4, -0.2) is 33.7 Å². The Morgan fingerprint density at radius 3 is 2.90 bits per heavy atom. The first-order valence-electron chi connectivity index (χ1n) is 7.46. The first kappa shape index (κ1) is 12.4. The quantitative estimate of drug-likeness (QED) is 0.791.